The second-order valence-electron chi connectivity index (χ2n) is 4.12. The van der Waals surface area contributed by atoms with Crippen molar-refractivity contribution in [2.45, 2.75) is 33.2 Å². The monoisotopic (exact) mass is 266 g/mol. The molecule has 0 spiro atoms. The minimum absolute atomic E-state index is 0.309. The molecule has 0 amide bonds. The van der Waals surface area contributed by atoms with Crippen LogP contribution in [0.1, 0.15) is 27.2 Å². The number of hydrogen-bond donors (Lipinski definition) is 1. The van der Waals surface area contributed by atoms with Gasteiger partial charge in [0, 0.05) is 25.7 Å². The van der Waals surface area contributed by atoms with Crippen molar-refractivity contribution in [1.82, 2.24) is 9.62 Å². The predicted molar refractivity (Wildman–Crippen MR) is 70.7 cm³/mol. The molecule has 0 rings (SSSR count). The molecule has 0 aromatic rings. The van der Waals surface area contributed by atoms with Gasteiger partial charge in [-0.25, -0.2) is 12.7 Å². The van der Waals surface area contributed by atoms with Crippen LogP contribution in [0, 0.1) is 0 Å². The zero-order chi connectivity index (χ0) is 13.3. The fourth-order valence-electron chi connectivity index (χ4n) is 1.52. The molecule has 0 aromatic heterocycles. The van der Waals surface area contributed by atoms with Crippen LogP contribution in [0.25, 0.3) is 0 Å². The fourth-order valence-corrected chi connectivity index (χ4v) is 2.45. The van der Waals surface area contributed by atoms with E-state index in [0.717, 1.165) is 19.6 Å². The van der Waals surface area contributed by atoms with E-state index in [-0.39, 0.29) is 0 Å². The second-order valence-corrected chi connectivity index (χ2v) is 6.11. The summed E-state index contributed by atoms with van der Waals surface area (Å²) in [6.07, 6.45) is 2.07. The third-order valence-electron chi connectivity index (χ3n) is 2.47. The number of ether oxygens (including phenoxy) is 1. The highest BCUT2D eigenvalue weighted by atomic mass is 32.2. The summed E-state index contributed by atoms with van der Waals surface area (Å²) in [6, 6.07) is 0.309. The van der Waals surface area contributed by atoms with E-state index in [4.69, 9.17) is 4.74 Å². The van der Waals surface area contributed by atoms with Crippen LogP contribution in [0.4, 0.5) is 0 Å². The molecule has 1 atom stereocenters. The molecule has 0 radical (unpaired) electrons. The molecule has 1 N–H and O–H groups in total. The summed E-state index contributed by atoms with van der Waals surface area (Å²) >= 11 is 0. The van der Waals surface area contributed by atoms with E-state index in [1.807, 2.05) is 13.8 Å². The smallest absolute Gasteiger partial charge is 0.211 e. The molecule has 6 heteroatoms. The van der Waals surface area contributed by atoms with E-state index in [1.165, 1.54) is 10.6 Å². The molecular weight excluding hydrogens is 240 g/mol. The van der Waals surface area contributed by atoms with Crippen LogP contribution in [-0.4, -0.2) is 57.9 Å². The van der Waals surface area contributed by atoms with Gasteiger partial charge in [0.25, 0.3) is 0 Å². The summed E-state index contributed by atoms with van der Waals surface area (Å²) < 4.78 is 29.4. The first kappa shape index (κ1) is 16.8. The Balaban J connectivity index is 3.69. The minimum Gasteiger partial charge on any atom is -0.380 e. The summed E-state index contributed by atoms with van der Waals surface area (Å²) in [5.74, 6) is 0. The lowest BCUT2D eigenvalue weighted by atomic mass is 10.3. The first-order valence-electron chi connectivity index (χ1n) is 6.18. The Labute approximate surface area is 106 Å². The van der Waals surface area contributed by atoms with Gasteiger partial charge in [0.2, 0.25) is 10.0 Å². The quantitative estimate of drug-likeness (QED) is 0.591. The maximum absolute atomic E-state index is 11.3. The normalized spacial score (nSPS) is 14.2. The Hall–Kier alpha value is -0.170. The summed E-state index contributed by atoms with van der Waals surface area (Å²) in [4.78, 5) is 0. The van der Waals surface area contributed by atoms with Gasteiger partial charge in [-0.05, 0) is 26.8 Å². The van der Waals surface area contributed by atoms with Crippen LogP contribution in [-0.2, 0) is 14.8 Å². The first-order chi connectivity index (χ1) is 7.91. The zero-order valence-electron chi connectivity index (χ0n) is 11.4. The van der Waals surface area contributed by atoms with Crippen molar-refractivity contribution in [3.05, 3.63) is 0 Å². The molecule has 0 saturated heterocycles. The van der Waals surface area contributed by atoms with Crippen molar-refractivity contribution in [2.75, 3.05) is 39.1 Å². The second kappa shape index (κ2) is 8.85. The van der Waals surface area contributed by atoms with Crippen LogP contribution < -0.4 is 5.32 Å². The van der Waals surface area contributed by atoms with Gasteiger partial charge in [0.15, 0.2) is 0 Å². The van der Waals surface area contributed by atoms with Crippen molar-refractivity contribution < 1.29 is 13.2 Å². The van der Waals surface area contributed by atoms with E-state index >= 15 is 0 Å². The summed E-state index contributed by atoms with van der Waals surface area (Å²) in [7, 11) is -3.05. The van der Waals surface area contributed by atoms with Gasteiger partial charge in [-0.2, -0.15) is 0 Å². The van der Waals surface area contributed by atoms with E-state index < -0.39 is 10.0 Å². The first-order valence-corrected chi connectivity index (χ1v) is 8.02. The molecule has 0 bridgehead atoms. The molecule has 104 valence electrons. The van der Waals surface area contributed by atoms with E-state index in [1.54, 1.807) is 0 Å². The molecule has 5 nitrogen and oxygen atoms in total. The highest BCUT2D eigenvalue weighted by molar-refractivity contribution is 7.88. The lowest BCUT2D eigenvalue weighted by Crippen LogP contribution is -2.35. The Bertz CT molecular complexity index is 280. The van der Waals surface area contributed by atoms with Crippen LogP contribution in [0.2, 0.25) is 0 Å². The Morgan fingerprint density at radius 3 is 2.47 bits per heavy atom. The van der Waals surface area contributed by atoms with Gasteiger partial charge in [0.05, 0.1) is 12.9 Å². The SMILES string of the molecule is CCOCC(C)NCCCN(CC)S(C)(=O)=O. The topological polar surface area (TPSA) is 58.6 Å². The fraction of sp³-hybridized carbons (Fsp3) is 1.00. The van der Waals surface area contributed by atoms with Crippen molar-refractivity contribution in [3.8, 4) is 0 Å². The molecule has 0 aromatic carbocycles. The number of rotatable bonds is 10. The largest absolute Gasteiger partial charge is 0.380 e. The molecule has 0 aliphatic rings. The van der Waals surface area contributed by atoms with Crippen molar-refractivity contribution in [2.24, 2.45) is 0 Å². The van der Waals surface area contributed by atoms with Crippen LogP contribution in [0.5, 0.6) is 0 Å². The minimum atomic E-state index is -3.05. The highest BCUT2D eigenvalue weighted by Gasteiger charge is 2.13. The lowest BCUT2D eigenvalue weighted by molar-refractivity contribution is 0.127. The lowest BCUT2D eigenvalue weighted by Gasteiger charge is -2.19. The average molecular weight is 266 g/mol. The Morgan fingerprint density at radius 2 is 2.00 bits per heavy atom. The van der Waals surface area contributed by atoms with Gasteiger partial charge in [-0.1, -0.05) is 6.92 Å². The van der Waals surface area contributed by atoms with Gasteiger partial charge in [-0.15, -0.1) is 0 Å². The molecule has 0 saturated carbocycles. The molecule has 0 fully saturated rings. The van der Waals surface area contributed by atoms with Gasteiger partial charge >= 0.3 is 0 Å². The van der Waals surface area contributed by atoms with Gasteiger partial charge in [0.1, 0.15) is 0 Å². The van der Waals surface area contributed by atoms with E-state index in [9.17, 15) is 8.42 Å². The summed E-state index contributed by atoms with van der Waals surface area (Å²) in [5, 5.41) is 3.30. The van der Waals surface area contributed by atoms with E-state index in [0.29, 0.717) is 25.7 Å². The molecule has 0 aliphatic heterocycles. The van der Waals surface area contributed by atoms with Crippen molar-refractivity contribution in [3.63, 3.8) is 0 Å². The summed E-state index contributed by atoms with van der Waals surface area (Å²) in [5.41, 5.74) is 0. The summed E-state index contributed by atoms with van der Waals surface area (Å²) in [6.45, 7) is 9.22. The highest BCUT2D eigenvalue weighted by Crippen LogP contribution is 1.98. The van der Waals surface area contributed by atoms with Crippen molar-refractivity contribution >= 4 is 10.0 Å². The molecule has 0 heterocycles. The molecule has 1 unspecified atom stereocenters. The number of hydrogen-bond acceptors (Lipinski definition) is 4. The van der Waals surface area contributed by atoms with Crippen LogP contribution in [0.15, 0.2) is 0 Å². The Kier molecular flexibility index (Phi) is 8.77. The maximum atomic E-state index is 11.3. The Morgan fingerprint density at radius 1 is 1.35 bits per heavy atom. The third-order valence-corrected chi connectivity index (χ3v) is 3.85. The van der Waals surface area contributed by atoms with Crippen LogP contribution in [0.3, 0.4) is 0 Å². The number of nitrogens with one attached hydrogen (secondary N) is 1. The number of nitrogens with zero attached hydrogens (tertiary/aromatic N) is 1. The molecular formula is C11H26N2O3S. The average Bonchev–Trinajstić information content (AvgIpc) is 2.24. The molecule has 0 aliphatic carbocycles. The standard InChI is InChI=1S/C11H26N2O3S/c1-5-13(17(4,14)15)9-7-8-12-11(3)10-16-6-2/h11-12H,5-10H2,1-4H3. The predicted octanol–water partition coefficient (Wildman–Crippen LogP) is 0.673. The third kappa shape index (κ3) is 8.54. The van der Waals surface area contributed by atoms with Gasteiger partial charge < -0.3 is 10.1 Å². The van der Waals surface area contributed by atoms with Crippen LogP contribution >= 0.6 is 0 Å². The zero-order valence-corrected chi connectivity index (χ0v) is 12.2. The maximum Gasteiger partial charge on any atom is 0.211 e. The van der Waals surface area contributed by atoms with E-state index in [2.05, 4.69) is 12.2 Å². The molecule has 17 heavy (non-hydrogen) atoms. The van der Waals surface area contributed by atoms with Gasteiger partial charge in [-0.3, -0.25) is 0 Å². The van der Waals surface area contributed by atoms with Crippen molar-refractivity contribution in [1.29, 1.82) is 0 Å². The number of sulfonamides is 1.